The van der Waals surface area contributed by atoms with Gasteiger partial charge in [0.2, 0.25) is 0 Å². The number of carbonyl (C=O) groups excluding carboxylic acids is 2. The van der Waals surface area contributed by atoms with Gasteiger partial charge in [0, 0.05) is 11.1 Å². The topological polar surface area (TPSA) is 52.6 Å². The van der Waals surface area contributed by atoms with Crippen molar-refractivity contribution < 1.29 is 19.1 Å². The Morgan fingerprint density at radius 2 is 1.18 bits per heavy atom. The van der Waals surface area contributed by atoms with Gasteiger partial charge in [-0.15, -0.1) is 0 Å². The van der Waals surface area contributed by atoms with Crippen LogP contribution in [-0.2, 0) is 9.47 Å². The molecule has 2 aromatic rings. The third-order valence-electron chi connectivity index (χ3n) is 2.92. The molecule has 0 aliphatic rings. The lowest BCUT2D eigenvalue weighted by Gasteiger charge is -1.99. The van der Waals surface area contributed by atoms with Crippen LogP contribution in [0.1, 0.15) is 31.8 Å². The van der Waals surface area contributed by atoms with Gasteiger partial charge < -0.3 is 9.47 Å². The highest BCUT2D eigenvalue weighted by Gasteiger charge is 2.05. The van der Waals surface area contributed by atoms with Gasteiger partial charge >= 0.3 is 11.9 Å². The van der Waals surface area contributed by atoms with E-state index in [0.717, 1.165) is 0 Å². The molecule has 2 aromatic carbocycles. The van der Waals surface area contributed by atoms with Crippen molar-refractivity contribution in [3.05, 3.63) is 70.8 Å². The molecule has 0 amide bonds. The summed E-state index contributed by atoms with van der Waals surface area (Å²) < 4.78 is 9.34. The van der Waals surface area contributed by atoms with Crippen molar-refractivity contribution in [1.29, 1.82) is 0 Å². The lowest BCUT2D eigenvalue weighted by Crippen LogP contribution is -2.01. The van der Waals surface area contributed by atoms with Crippen LogP contribution in [0.15, 0.2) is 48.5 Å². The maximum Gasteiger partial charge on any atom is 0.337 e. The van der Waals surface area contributed by atoms with Gasteiger partial charge in [-0.05, 0) is 36.4 Å². The van der Waals surface area contributed by atoms with Crippen LogP contribution in [0.2, 0.25) is 0 Å². The monoisotopic (exact) mass is 294 g/mol. The molecule has 0 heterocycles. The molecule has 0 fully saturated rings. The number of ether oxygens (including phenoxy) is 2. The smallest absolute Gasteiger partial charge is 0.337 e. The van der Waals surface area contributed by atoms with Gasteiger partial charge in [-0.3, -0.25) is 0 Å². The van der Waals surface area contributed by atoms with Crippen molar-refractivity contribution in [3.8, 4) is 11.8 Å². The average Bonchev–Trinajstić information content (AvgIpc) is 2.59. The minimum atomic E-state index is -0.406. The molecule has 0 saturated carbocycles. The molecule has 0 spiro atoms. The molecular formula is C18H14O4. The summed E-state index contributed by atoms with van der Waals surface area (Å²) in [5.74, 6) is 5.10. The summed E-state index contributed by atoms with van der Waals surface area (Å²) in [6, 6.07) is 13.7. The molecule has 0 aromatic heterocycles. The van der Waals surface area contributed by atoms with Gasteiger partial charge in [-0.2, -0.15) is 0 Å². The molecule has 4 nitrogen and oxygen atoms in total. The maximum atomic E-state index is 11.5. The fourth-order valence-electron chi connectivity index (χ4n) is 1.83. The number of hydrogen-bond donors (Lipinski definition) is 0. The van der Waals surface area contributed by atoms with E-state index in [0.29, 0.717) is 22.3 Å². The van der Waals surface area contributed by atoms with Crippen LogP contribution in [0.25, 0.3) is 0 Å². The summed E-state index contributed by atoms with van der Waals surface area (Å²) in [5.41, 5.74) is 2.26. The summed E-state index contributed by atoms with van der Waals surface area (Å²) in [7, 11) is 2.66. The van der Waals surface area contributed by atoms with Crippen molar-refractivity contribution in [2.75, 3.05) is 14.2 Å². The van der Waals surface area contributed by atoms with Gasteiger partial charge in [-0.1, -0.05) is 24.0 Å². The Kier molecular flexibility index (Phi) is 4.94. The molecule has 4 heteroatoms. The van der Waals surface area contributed by atoms with Gasteiger partial charge in [0.1, 0.15) is 0 Å². The normalized spacial score (nSPS) is 9.36. The Morgan fingerprint density at radius 3 is 1.55 bits per heavy atom. The van der Waals surface area contributed by atoms with Crippen LogP contribution in [0.4, 0.5) is 0 Å². The summed E-state index contributed by atoms with van der Waals surface area (Å²) in [5, 5.41) is 0. The van der Waals surface area contributed by atoms with Gasteiger partial charge in [0.25, 0.3) is 0 Å². The highest BCUT2D eigenvalue weighted by Crippen LogP contribution is 2.08. The Hall–Kier alpha value is -3.06. The number of benzene rings is 2. The number of carbonyl (C=O) groups is 2. The van der Waals surface area contributed by atoms with Gasteiger partial charge in [0.05, 0.1) is 25.3 Å². The highest BCUT2D eigenvalue weighted by molar-refractivity contribution is 5.90. The lowest BCUT2D eigenvalue weighted by atomic mass is 10.1. The van der Waals surface area contributed by atoms with Crippen molar-refractivity contribution in [2.24, 2.45) is 0 Å². The molecular weight excluding hydrogens is 280 g/mol. The standard InChI is InChI=1S/C18H14O4/c1-21-17(19)15-7-3-5-13(11-15)9-10-14-6-4-8-16(12-14)18(20)22-2/h3-8,11-12H,1-2H3. The first-order valence-corrected chi connectivity index (χ1v) is 6.53. The SMILES string of the molecule is COC(=O)c1cccc(C#Cc2cccc(C(=O)OC)c2)c1. The molecule has 0 radical (unpaired) electrons. The third-order valence-corrected chi connectivity index (χ3v) is 2.92. The number of hydrogen-bond acceptors (Lipinski definition) is 4. The molecule has 0 atom stereocenters. The molecule has 0 unspecified atom stereocenters. The van der Waals surface area contributed by atoms with E-state index in [1.54, 1.807) is 48.5 Å². The zero-order valence-corrected chi connectivity index (χ0v) is 12.3. The third kappa shape index (κ3) is 3.74. The van der Waals surface area contributed by atoms with E-state index < -0.39 is 11.9 Å². The Bertz CT molecular complexity index is 702. The molecule has 0 saturated heterocycles. The second-order valence-electron chi connectivity index (χ2n) is 4.39. The zero-order chi connectivity index (χ0) is 15.9. The Balaban J connectivity index is 2.27. The first-order chi connectivity index (χ1) is 10.6. The number of rotatable bonds is 2. The van der Waals surface area contributed by atoms with Crippen molar-refractivity contribution in [2.45, 2.75) is 0 Å². The van der Waals surface area contributed by atoms with Crippen LogP contribution in [0, 0.1) is 11.8 Å². The van der Waals surface area contributed by atoms with Crippen LogP contribution >= 0.6 is 0 Å². The molecule has 2 rings (SSSR count). The predicted molar refractivity (Wildman–Crippen MR) is 81.5 cm³/mol. The van der Waals surface area contributed by atoms with Crippen molar-refractivity contribution in [1.82, 2.24) is 0 Å². The van der Waals surface area contributed by atoms with Gasteiger partial charge in [-0.25, -0.2) is 9.59 Å². The van der Waals surface area contributed by atoms with E-state index >= 15 is 0 Å². The number of methoxy groups -OCH3 is 2. The van der Waals surface area contributed by atoms with E-state index in [1.165, 1.54) is 14.2 Å². The summed E-state index contributed by atoms with van der Waals surface area (Å²) in [6.45, 7) is 0. The van der Waals surface area contributed by atoms with E-state index in [1.807, 2.05) is 0 Å². The van der Waals surface area contributed by atoms with E-state index in [9.17, 15) is 9.59 Å². The average molecular weight is 294 g/mol. The van der Waals surface area contributed by atoms with Crippen LogP contribution in [0.5, 0.6) is 0 Å². The first kappa shape index (κ1) is 15.3. The second-order valence-corrected chi connectivity index (χ2v) is 4.39. The second kappa shape index (κ2) is 7.09. The molecule has 0 N–H and O–H groups in total. The fourth-order valence-corrected chi connectivity index (χ4v) is 1.83. The molecule has 0 bridgehead atoms. The fraction of sp³-hybridized carbons (Fsp3) is 0.111. The summed E-state index contributed by atoms with van der Waals surface area (Å²) >= 11 is 0. The molecule has 22 heavy (non-hydrogen) atoms. The van der Waals surface area contributed by atoms with Crippen LogP contribution in [-0.4, -0.2) is 26.2 Å². The van der Waals surface area contributed by atoms with Crippen molar-refractivity contribution in [3.63, 3.8) is 0 Å². The largest absolute Gasteiger partial charge is 0.465 e. The Labute approximate surface area is 128 Å². The molecule has 110 valence electrons. The summed E-state index contributed by atoms with van der Waals surface area (Å²) in [6.07, 6.45) is 0. The van der Waals surface area contributed by atoms with Crippen LogP contribution < -0.4 is 0 Å². The Morgan fingerprint density at radius 1 is 0.773 bits per heavy atom. The predicted octanol–water partition coefficient (Wildman–Crippen LogP) is 2.66. The zero-order valence-electron chi connectivity index (χ0n) is 12.3. The van der Waals surface area contributed by atoms with E-state index in [-0.39, 0.29) is 0 Å². The molecule has 0 aliphatic carbocycles. The number of esters is 2. The first-order valence-electron chi connectivity index (χ1n) is 6.53. The van der Waals surface area contributed by atoms with Crippen molar-refractivity contribution >= 4 is 11.9 Å². The summed E-state index contributed by atoms with van der Waals surface area (Å²) in [4.78, 5) is 22.9. The van der Waals surface area contributed by atoms with E-state index in [4.69, 9.17) is 0 Å². The molecule has 0 aliphatic heterocycles. The minimum absolute atomic E-state index is 0.406. The quantitative estimate of drug-likeness (QED) is 0.631. The lowest BCUT2D eigenvalue weighted by molar-refractivity contribution is 0.0592. The highest BCUT2D eigenvalue weighted by atomic mass is 16.5. The maximum absolute atomic E-state index is 11.5. The van der Waals surface area contributed by atoms with Gasteiger partial charge in [0.15, 0.2) is 0 Å². The van der Waals surface area contributed by atoms with Crippen LogP contribution in [0.3, 0.4) is 0 Å². The van der Waals surface area contributed by atoms with E-state index in [2.05, 4.69) is 21.3 Å². The minimum Gasteiger partial charge on any atom is -0.465 e.